The van der Waals surface area contributed by atoms with E-state index in [4.69, 9.17) is 9.78 Å². The molecule has 0 spiro atoms. The van der Waals surface area contributed by atoms with E-state index in [1.165, 1.54) is 37.8 Å². The molecule has 39 heavy (non-hydrogen) atoms. The minimum atomic E-state index is -0.927. The van der Waals surface area contributed by atoms with E-state index in [0.29, 0.717) is 5.56 Å². The maximum absolute atomic E-state index is 16.0. The zero-order valence-electron chi connectivity index (χ0n) is 23.4. The highest BCUT2D eigenvalue weighted by molar-refractivity contribution is 5.95. The zero-order chi connectivity index (χ0) is 27.9. The van der Waals surface area contributed by atoms with Crippen LogP contribution in [0.4, 0.5) is 8.78 Å². The van der Waals surface area contributed by atoms with Gasteiger partial charge in [-0.25, -0.2) is 13.6 Å². The Hall–Kier alpha value is -3.05. The third-order valence-electron chi connectivity index (χ3n) is 7.03. The van der Waals surface area contributed by atoms with Crippen molar-refractivity contribution in [2.75, 3.05) is 6.61 Å². The van der Waals surface area contributed by atoms with Crippen LogP contribution in [-0.2, 0) is 16.2 Å². The molecule has 3 aromatic carbocycles. The Labute approximate surface area is 232 Å². The lowest BCUT2D eigenvalue weighted by molar-refractivity contribution is -0.241. The summed E-state index contributed by atoms with van der Waals surface area (Å²) >= 11 is 0. The molecule has 0 aliphatic rings. The summed E-state index contributed by atoms with van der Waals surface area (Å²) in [7, 11) is 0. The predicted molar refractivity (Wildman–Crippen MR) is 154 cm³/mol. The maximum Gasteiger partial charge on any atom is 0.376 e. The molecular formula is C34H42F2O3. The molecule has 0 aliphatic carbocycles. The predicted octanol–water partition coefficient (Wildman–Crippen LogP) is 10.3. The van der Waals surface area contributed by atoms with Gasteiger partial charge in [-0.05, 0) is 48.1 Å². The second-order valence-corrected chi connectivity index (χ2v) is 10.2. The van der Waals surface area contributed by atoms with Crippen LogP contribution in [-0.4, -0.2) is 12.6 Å². The van der Waals surface area contributed by atoms with Crippen molar-refractivity contribution >= 4 is 5.97 Å². The summed E-state index contributed by atoms with van der Waals surface area (Å²) in [5.74, 6) is -2.26. The molecule has 0 atom stereocenters. The third-order valence-corrected chi connectivity index (χ3v) is 7.03. The number of hydrogen-bond acceptors (Lipinski definition) is 3. The zero-order valence-corrected chi connectivity index (χ0v) is 23.4. The lowest BCUT2D eigenvalue weighted by Crippen LogP contribution is -2.10. The smallest absolute Gasteiger partial charge is 0.293 e. The molecule has 0 heterocycles. The average molecular weight is 537 g/mol. The van der Waals surface area contributed by atoms with Crippen molar-refractivity contribution in [3.05, 3.63) is 83.4 Å². The van der Waals surface area contributed by atoms with Crippen LogP contribution < -0.4 is 0 Å². The molecule has 0 amide bonds. The van der Waals surface area contributed by atoms with Crippen molar-refractivity contribution in [1.82, 2.24) is 0 Å². The Bertz CT molecular complexity index is 1160. The van der Waals surface area contributed by atoms with E-state index in [1.54, 1.807) is 12.1 Å². The number of rotatable bonds is 17. The van der Waals surface area contributed by atoms with Gasteiger partial charge in [0.15, 0.2) is 0 Å². The molecule has 0 saturated carbocycles. The molecule has 0 bridgehead atoms. The fourth-order valence-corrected chi connectivity index (χ4v) is 4.79. The van der Waals surface area contributed by atoms with E-state index in [2.05, 4.69) is 13.8 Å². The number of unbranched alkanes of at least 4 members (excludes halogenated alkanes) is 9. The summed E-state index contributed by atoms with van der Waals surface area (Å²) in [5.41, 5.74) is 1.98. The average Bonchev–Trinajstić information content (AvgIpc) is 2.95. The molecule has 5 heteroatoms. The first kappa shape index (κ1) is 30.5. The molecule has 210 valence electrons. The quantitative estimate of drug-likeness (QED) is 0.0978. The minimum Gasteiger partial charge on any atom is -0.293 e. The summed E-state index contributed by atoms with van der Waals surface area (Å²) in [6, 6.07) is 17.2. The first-order valence-electron chi connectivity index (χ1n) is 14.6. The van der Waals surface area contributed by atoms with Gasteiger partial charge in [-0.15, -0.1) is 0 Å². The SMILES string of the molecule is CCCCCCCCCOOC(=O)c1ccc(-c2ccccc2)c(-c2ccc(CCCCCC)cc2F)c1F. The van der Waals surface area contributed by atoms with Crippen LogP contribution in [0.3, 0.4) is 0 Å². The van der Waals surface area contributed by atoms with E-state index in [0.717, 1.165) is 62.5 Å². The van der Waals surface area contributed by atoms with E-state index >= 15 is 8.78 Å². The molecule has 3 nitrogen and oxygen atoms in total. The fraction of sp³-hybridized carbons (Fsp3) is 0.441. The van der Waals surface area contributed by atoms with E-state index in [-0.39, 0.29) is 23.3 Å². The fourth-order valence-electron chi connectivity index (χ4n) is 4.79. The first-order chi connectivity index (χ1) is 19.1. The van der Waals surface area contributed by atoms with Gasteiger partial charge in [-0.2, -0.15) is 4.89 Å². The number of benzene rings is 3. The lowest BCUT2D eigenvalue weighted by Gasteiger charge is -2.15. The van der Waals surface area contributed by atoms with Gasteiger partial charge in [0.25, 0.3) is 0 Å². The molecule has 0 aliphatic heterocycles. The van der Waals surface area contributed by atoms with Crippen molar-refractivity contribution in [1.29, 1.82) is 0 Å². The number of carbonyl (C=O) groups is 1. The molecule has 3 rings (SSSR count). The molecule has 0 fully saturated rings. The van der Waals surface area contributed by atoms with Gasteiger partial charge in [-0.3, -0.25) is 4.89 Å². The molecule has 3 aromatic rings. The largest absolute Gasteiger partial charge is 0.376 e. The lowest BCUT2D eigenvalue weighted by atomic mass is 9.91. The Morgan fingerprint density at radius 2 is 1.36 bits per heavy atom. The standard InChI is InChI=1S/C34H42F2O3/c1-3-5-7-9-10-11-16-24-38-39-34(37)30-23-22-28(27-18-14-12-15-19-27)32(33(30)36)29-21-20-26(25-31(29)35)17-13-8-6-4-2/h12,14-15,18-23,25H,3-11,13,16-17,24H2,1-2H3. The summed E-state index contributed by atoms with van der Waals surface area (Å²) < 4.78 is 31.4. The summed E-state index contributed by atoms with van der Waals surface area (Å²) in [6.45, 7) is 4.59. The molecular weight excluding hydrogens is 494 g/mol. The van der Waals surface area contributed by atoms with Crippen molar-refractivity contribution in [3.8, 4) is 22.3 Å². The Morgan fingerprint density at radius 1 is 0.718 bits per heavy atom. The topological polar surface area (TPSA) is 35.5 Å². The first-order valence-corrected chi connectivity index (χ1v) is 14.6. The van der Waals surface area contributed by atoms with Crippen LogP contribution in [0.5, 0.6) is 0 Å². The van der Waals surface area contributed by atoms with Gasteiger partial charge in [-0.1, -0.05) is 120 Å². The second-order valence-electron chi connectivity index (χ2n) is 10.2. The molecule has 0 unspecified atom stereocenters. The van der Waals surface area contributed by atoms with Gasteiger partial charge in [0, 0.05) is 11.1 Å². The summed E-state index contributed by atoms with van der Waals surface area (Å²) in [5, 5.41) is 0. The van der Waals surface area contributed by atoms with Crippen LogP contribution in [0.1, 0.15) is 100 Å². The Morgan fingerprint density at radius 3 is 2.05 bits per heavy atom. The number of aryl methyl sites for hydroxylation is 1. The van der Waals surface area contributed by atoms with Crippen molar-refractivity contribution in [3.63, 3.8) is 0 Å². The molecule has 0 radical (unpaired) electrons. The van der Waals surface area contributed by atoms with Crippen LogP contribution in [0.25, 0.3) is 22.3 Å². The van der Waals surface area contributed by atoms with Crippen LogP contribution in [0, 0.1) is 11.6 Å². The minimum absolute atomic E-state index is 0.0396. The monoisotopic (exact) mass is 536 g/mol. The highest BCUT2D eigenvalue weighted by Crippen LogP contribution is 2.37. The van der Waals surface area contributed by atoms with Gasteiger partial charge in [0.1, 0.15) is 11.6 Å². The van der Waals surface area contributed by atoms with Crippen molar-refractivity contribution in [2.24, 2.45) is 0 Å². The van der Waals surface area contributed by atoms with Gasteiger partial charge in [0.05, 0.1) is 12.2 Å². The van der Waals surface area contributed by atoms with E-state index in [1.807, 2.05) is 36.4 Å². The molecule has 0 aromatic heterocycles. The van der Waals surface area contributed by atoms with Gasteiger partial charge in [0.2, 0.25) is 0 Å². The molecule has 0 saturated heterocycles. The number of carbonyl (C=O) groups excluding carboxylic acids is 1. The number of halogens is 2. The van der Waals surface area contributed by atoms with Crippen LogP contribution >= 0.6 is 0 Å². The summed E-state index contributed by atoms with van der Waals surface area (Å²) in [4.78, 5) is 22.8. The molecule has 0 N–H and O–H groups in total. The maximum atomic E-state index is 16.0. The van der Waals surface area contributed by atoms with Crippen molar-refractivity contribution < 1.29 is 23.4 Å². The Balaban J connectivity index is 1.77. The summed E-state index contributed by atoms with van der Waals surface area (Å²) in [6.07, 6.45) is 12.9. The van der Waals surface area contributed by atoms with Gasteiger partial charge < -0.3 is 0 Å². The van der Waals surface area contributed by atoms with E-state index < -0.39 is 17.6 Å². The second kappa shape index (κ2) is 16.8. The third kappa shape index (κ3) is 9.28. The number of hydrogen-bond donors (Lipinski definition) is 0. The van der Waals surface area contributed by atoms with Crippen molar-refractivity contribution in [2.45, 2.75) is 90.9 Å². The Kier molecular flexibility index (Phi) is 13.1. The highest BCUT2D eigenvalue weighted by Gasteiger charge is 2.24. The highest BCUT2D eigenvalue weighted by atomic mass is 19.1. The van der Waals surface area contributed by atoms with E-state index in [9.17, 15) is 4.79 Å². The van der Waals surface area contributed by atoms with Crippen LogP contribution in [0.2, 0.25) is 0 Å². The van der Waals surface area contributed by atoms with Crippen LogP contribution in [0.15, 0.2) is 60.7 Å². The van der Waals surface area contributed by atoms with Gasteiger partial charge >= 0.3 is 5.97 Å². The normalized spacial score (nSPS) is 11.1.